The van der Waals surface area contributed by atoms with Crippen LogP contribution in [0.3, 0.4) is 0 Å². The molecule has 22 heavy (non-hydrogen) atoms. The van der Waals surface area contributed by atoms with Crippen LogP contribution < -0.4 is 9.75 Å². The Morgan fingerprint density at radius 1 is 0.909 bits per heavy atom. The molecule has 110 valence electrons. The zero-order chi connectivity index (χ0) is 15.4. The van der Waals surface area contributed by atoms with Crippen molar-refractivity contribution in [3.8, 4) is 5.75 Å². The molecule has 0 fully saturated rings. The lowest BCUT2D eigenvalue weighted by atomic mass is 10.1. The highest BCUT2D eigenvalue weighted by atomic mass is 16.5. The molecule has 0 saturated heterocycles. The largest absolute Gasteiger partial charge is 0.497 e. The van der Waals surface area contributed by atoms with E-state index in [0.717, 1.165) is 22.4 Å². The quantitative estimate of drug-likeness (QED) is 0.528. The first-order chi connectivity index (χ1) is 10.8. The van der Waals surface area contributed by atoms with E-state index in [4.69, 9.17) is 4.74 Å². The number of benzene rings is 3. The Morgan fingerprint density at radius 3 is 2.41 bits per heavy atom. The predicted octanol–water partition coefficient (Wildman–Crippen LogP) is 4.32. The minimum absolute atomic E-state index is 0.873. The summed E-state index contributed by atoms with van der Waals surface area (Å²) in [5, 5.41) is 8.68. The van der Waals surface area contributed by atoms with Gasteiger partial charge in [0.1, 0.15) is 5.75 Å². The second kappa shape index (κ2) is 6.31. The van der Waals surface area contributed by atoms with Crippen LogP contribution >= 0.6 is 0 Å². The second-order valence-corrected chi connectivity index (χ2v) is 5.08. The van der Waals surface area contributed by atoms with Crippen molar-refractivity contribution in [2.24, 2.45) is 5.10 Å². The fourth-order valence-corrected chi connectivity index (χ4v) is 2.31. The number of hydrogen-bond donors (Lipinski definition) is 0. The summed E-state index contributed by atoms with van der Waals surface area (Å²) in [6, 6.07) is 22.4. The summed E-state index contributed by atoms with van der Waals surface area (Å²) >= 11 is 0. The SMILES string of the molecule is COc1ccc2cc(/C=N\N(C)c3ccccc3)ccc2c1. The molecule has 0 N–H and O–H groups in total. The van der Waals surface area contributed by atoms with Crippen LogP contribution in [0.15, 0.2) is 71.8 Å². The van der Waals surface area contributed by atoms with Gasteiger partial charge in [0.25, 0.3) is 0 Å². The number of methoxy groups -OCH3 is 1. The van der Waals surface area contributed by atoms with E-state index < -0.39 is 0 Å². The lowest BCUT2D eigenvalue weighted by Gasteiger charge is -2.12. The van der Waals surface area contributed by atoms with Crippen molar-refractivity contribution < 1.29 is 4.74 Å². The molecule has 0 radical (unpaired) electrons. The number of rotatable bonds is 4. The Kier molecular flexibility index (Phi) is 4.05. The van der Waals surface area contributed by atoms with Crippen LogP contribution in [0.4, 0.5) is 5.69 Å². The number of nitrogens with zero attached hydrogens (tertiary/aromatic N) is 2. The molecule has 0 aromatic heterocycles. The maximum absolute atomic E-state index is 5.25. The molecule has 0 heterocycles. The van der Waals surface area contributed by atoms with Crippen LogP contribution in [-0.2, 0) is 0 Å². The normalized spacial score (nSPS) is 11.0. The molecule has 3 aromatic rings. The molecule has 0 spiro atoms. The Morgan fingerprint density at radius 2 is 1.64 bits per heavy atom. The number of anilines is 1. The average Bonchev–Trinajstić information content (AvgIpc) is 2.59. The fourth-order valence-electron chi connectivity index (χ4n) is 2.31. The fraction of sp³-hybridized carbons (Fsp3) is 0.105. The Balaban J connectivity index is 1.83. The molecule has 0 aliphatic heterocycles. The number of hydrazone groups is 1. The van der Waals surface area contributed by atoms with E-state index in [1.54, 1.807) is 7.11 Å². The zero-order valence-electron chi connectivity index (χ0n) is 12.7. The average molecular weight is 290 g/mol. The third-order valence-electron chi connectivity index (χ3n) is 3.58. The molecule has 0 amide bonds. The molecule has 0 bridgehead atoms. The molecule has 0 atom stereocenters. The first kappa shape index (κ1) is 14.1. The van der Waals surface area contributed by atoms with Gasteiger partial charge in [-0.05, 0) is 46.7 Å². The molecule has 3 aromatic carbocycles. The Hall–Kier alpha value is -2.81. The number of hydrogen-bond acceptors (Lipinski definition) is 3. The third-order valence-corrected chi connectivity index (χ3v) is 3.58. The lowest BCUT2D eigenvalue weighted by Crippen LogP contribution is -2.08. The Labute approximate surface area is 130 Å². The summed E-state index contributed by atoms with van der Waals surface area (Å²) in [4.78, 5) is 0. The second-order valence-electron chi connectivity index (χ2n) is 5.08. The predicted molar refractivity (Wildman–Crippen MR) is 92.9 cm³/mol. The van der Waals surface area contributed by atoms with Crippen molar-refractivity contribution in [2.45, 2.75) is 0 Å². The zero-order valence-corrected chi connectivity index (χ0v) is 12.7. The van der Waals surface area contributed by atoms with Gasteiger partial charge in [0, 0.05) is 7.05 Å². The molecule has 0 unspecified atom stereocenters. The molecular formula is C19H18N2O. The molecule has 3 rings (SSSR count). The smallest absolute Gasteiger partial charge is 0.119 e. The van der Waals surface area contributed by atoms with Crippen LogP contribution in [0.1, 0.15) is 5.56 Å². The van der Waals surface area contributed by atoms with Crippen molar-refractivity contribution in [1.29, 1.82) is 0 Å². The third kappa shape index (κ3) is 3.09. The van der Waals surface area contributed by atoms with Crippen LogP contribution in [-0.4, -0.2) is 20.4 Å². The summed E-state index contributed by atoms with van der Waals surface area (Å²) in [6.07, 6.45) is 1.87. The van der Waals surface area contributed by atoms with Crippen molar-refractivity contribution in [3.05, 3.63) is 72.3 Å². The summed E-state index contributed by atoms with van der Waals surface area (Å²) in [5.41, 5.74) is 2.13. The van der Waals surface area contributed by atoms with Gasteiger partial charge in [-0.15, -0.1) is 0 Å². The highest BCUT2D eigenvalue weighted by Gasteiger charge is 1.99. The van der Waals surface area contributed by atoms with Gasteiger partial charge in [-0.3, -0.25) is 5.01 Å². The van der Waals surface area contributed by atoms with Crippen LogP contribution in [0.2, 0.25) is 0 Å². The highest BCUT2D eigenvalue weighted by Crippen LogP contribution is 2.21. The van der Waals surface area contributed by atoms with E-state index >= 15 is 0 Å². The van der Waals surface area contributed by atoms with E-state index in [0.29, 0.717) is 0 Å². The van der Waals surface area contributed by atoms with Crippen molar-refractivity contribution >= 4 is 22.7 Å². The monoisotopic (exact) mass is 290 g/mol. The van der Waals surface area contributed by atoms with Crippen molar-refractivity contribution in [3.63, 3.8) is 0 Å². The molecule has 3 nitrogen and oxygen atoms in total. The summed E-state index contributed by atoms with van der Waals surface area (Å²) < 4.78 is 5.25. The van der Waals surface area contributed by atoms with E-state index in [-0.39, 0.29) is 0 Å². The van der Waals surface area contributed by atoms with Crippen LogP contribution in [0.5, 0.6) is 5.75 Å². The standard InChI is InChI=1S/C19H18N2O/c1-21(18-6-4-3-5-7-18)20-14-15-8-9-17-13-19(22-2)11-10-16(17)12-15/h3-14H,1-2H3/b20-14-. The van der Waals surface area contributed by atoms with E-state index in [9.17, 15) is 0 Å². The molecule has 3 heteroatoms. The van der Waals surface area contributed by atoms with Crippen molar-refractivity contribution in [1.82, 2.24) is 0 Å². The Bertz CT molecular complexity index is 797. The van der Waals surface area contributed by atoms with Crippen LogP contribution in [0, 0.1) is 0 Å². The molecular weight excluding hydrogens is 272 g/mol. The topological polar surface area (TPSA) is 24.8 Å². The summed E-state index contributed by atoms with van der Waals surface area (Å²) in [6.45, 7) is 0. The lowest BCUT2D eigenvalue weighted by molar-refractivity contribution is 0.415. The van der Waals surface area contributed by atoms with Crippen molar-refractivity contribution in [2.75, 3.05) is 19.2 Å². The van der Waals surface area contributed by atoms with E-state index in [2.05, 4.69) is 29.4 Å². The molecule has 0 saturated carbocycles. The van der Waals surface area contributed by atoms with Gasteiger partial charge in [-0.25, -0.2) is 0 Å². The minimum atomic E-state index is 0.873. The first-order valence-electron chi connectivity index (χ1n) is 7.17. The van der Waals surface area contributed by atoms with Gasteiger partial charge in [0.05, 0.1) is 19.0 Å². The number of para-hydroxylation sites is 1. The number of fused-ring (bicyclic) bond motifs is 1. The van der Waals surface area contributed by atoms with Gasteiger partial charge in [-0.2, -0.15) is 5.10 Å². The first-order valence-corrected chi connectivity index (χ1v) is 7.17. The summed E-state index contributed by atoms with van der Waals surface area (Å²) in [7, 11) is 3.62. The van der Waals surface area contributed by atoms with Gasteiger partial charge >= 0.3 is 0 Å². The molecule has 0 aliphatic rings. The van der Waals surface area contributed by atoms with E-state index in [1.165, 1.54) is 5.39 Å². The van der Waals surface area contributed by atoms with Crippen LogP contribution in [0.25, 0.3) is 10.8 Å². The number of ether oxygens (including phenoxy) is 1. The van der Waals surface area contributed by atoms with Gasteiger partial charge in [0.15, 0.2) is 0 Å². The summed E-state index contributed by atoms with van der Waals surface area (Å²) in [5.74, 6) is 0.873. The van der Waals surface area contributed by atoms with E-state index in [1.807, 2.05) is 60.7 Å². The molecule has 0 aliphatic carbocycles. The maximum Gasteiger partial charge on any atom is 0.119 e. The maximum atomic E-state index is 5.25. The highest BCUT2D eigenvalue weighted by molar-refractivity contribution is 5.91. The minimum Gasteiger partial charge on any atom is -0.497 e. The van der Waals surface area contributed by atoms with Gasteiger partial charge in [-0.1, -0.05) is 36.4 Å². The van der Waals surface area contributed by atoms with Gasteiger partial charge < -0.3 is 4.74 Å². The van der Waals surface area contributed by atoms with Gasteiger partial charge in [0.2, 0.25) is 0 Å².